The molecule has 0 aliphatic heterocycles. The Morgan fingerprint density at radius 2 is 1.50 bits per heavy atom. The first-order valence-corrected chi connectivity index (χ1v) is 12.4. The number of amides is 1. The average molecular weight is 512 g/mol. The van der Waals surface area contributed by atoms with Gasteiger partial charge in [0.15, 0.2) is 0 Å². The number of hydrogen-bond donors (Lipinski definition) is 1. The predicted molar refractivity (Wildman–Crippen MR) is 150 cm³/mol. The molecule has 0 aliphatic rings. The standard InChI is InChI=1S/C30H23Cl2N3O/c31-24-16-15-23(26(32)19-24)20-33-34-28(36)17-18-35-27-14-8-7-13-25(27)29(21-9-3-1-4-10-21)30(35)22-11-5-2-6-12-22/h1-16,19-20H,17-18H2,(H,34,36)/b33-20-. The van der Waals surface area contributed by atoms with Gasteiger partial charge in [-0.05, 0) is 29.3 Å². The number of carbonyl (C=O) groups is 1. The summed E-state index contributed by atoms with van der Waals surface area (Å²) in [6, 6.07) is 34.1. The molecule has 0 saturated carbocycles. The second kappa shape index (κ2) is 10.8. The van der Waals surface area contributed by atoms with Gasteiger partial charge in [0.25, 0.3) is 0 Å². The second-order valence-electron chi connectivity index (χ2n) is 8.33. The Kier molecular flexibility index (Phi) is 7.17. The highest BCUT2D eigenvalue weighted by molar-refractivity contribution is 6.36. The molecule has 6 heteroatoms. The average Bonchev–Trinajstić information content (AvgIpc) is 3.24. The van der Waals surface area contributed by atoms with Gasteiger partial charge in [-0.1, -0.05) is 108 Å². The Morgan fingerprint density at radius 1 is 0.833 bits per heavy atom. The van der Waals surface area contributed by atoms with Crippen molar-refractivity contribution in [2.24, 2.45) is 5.10 Å². The van der Waals surface area contributed by atoms with Crippen molar-refractivity contribution < 1.29 is 4.79 Å². The number of aromatic nitrogens is 1. The van der Waals surface area contributed by atoms with Crippen molar-refractivity contribution in [3.8, 4) is 22.4 Å². The molecule has 36 heavy (non-hydrogen) atoms. The molecule has 0 saturated heterocycles. The molecule has 1 heterocycles. The summed E-state index contributed by atoms with van der Waals surface area (Å²) in [6.45, 7) is 0.501. The highest BCUT2D eigenvalue weighted by Gasteiger charge is 2.20. The summed E-state index contributed by atoms with van der Waals surface area (Å²) >= 11 is 12.1. The van der Waals surface area contributed by atoms with E-state index in [-0.39, 0.29) is 12.3 Å². The Balaban J connectivity index is 1.46. The zero-order valence-electron chi connectivity index (χ0n) is 19.4. The van der Waals surface area contributed by atoms with Crippen LogP contribution in [0.2, 0.25) is 10.0 Å². The quantitative estimate of drug-likeness (QED) is 0.175. The summed E-state index contributed by atoms with van der Waals surface area (Å²) in [5.41, 5.74) is 8.86. The van der Waals surface area contributed by atoms with Gasteiger partial charge in [0, 0.05) is 40.0 Å². The van der Waals surface area contributed by atoms with Crippen molar-refractivity contribution in [2.45, 2.75) is 13.0 Å². The molecule has 0 radical (unpaired) electrons. The molecule has 4 aromatic carbocycles. The van der Waals surface area contributed by atoms with Crippen molar-refractivity contribution in [3.05, 3.63) is 119 Å². The number of fused-ring (bicyclic) bond motifs is 1. The maximum absolute atomic E-state index is 12.7. The number of carbonyl (C=O) groups excluding carboxylic acids is 1. The molecule has 178 valence electrons. The largest absolute Gasteiger partial charge is 0.339 e. The highest BCUT2D eigenvalue weighted by Crippen LogP contribution is 2.40. The number of halogens is 2. The van der Waals surface area contributed by atoms with Crippen molar-refractivity contribution in [1.82, 2.24) is 9.99 Å². The molecule has 0 bridgehead atoms. The summed E-state index contributed by atoms with van der Waals surface area (Å²) in [7, 11) is 0. The summed E-state index contributed by atoms with van der Waals surface area (Å²) in [5.74, 6) is -0.186. The molecule has 4 nitrogen and oxygen atoms in total. The molecule has 0 atom stereocenters. The van der Waals surface area contributed by atoms with Crippen LogP contribution in [0.3, 0.4) is 0 Å². The van der Waals surface area contributed by atoms with E-state index in [1.165, 1.54) is 6.21 Å². The molecular weight excluding hydrogens is 489 g/mol. The van der Waals surface area contributed by atoms with Crippen LogP contribution in [0.25, 0.3) is 33.3 Å². The lowest BCUT2D eigenvalue weighted by atomic mass is 9.98. The number of benzene rings is 4. The number of para-hydroxylation sites is 1. The minimum Gasteiger partial charge on any atom is -0.339 e. The molecule has 0 fully saturated rings. The monoisotopic (exact) mass is 511 g/mol. The minimum absolute atomic E-state index is 0.186. The number of rotatable bonds is 7. The van der Waals surface area contributed by atoms with E-state index in [9.17, 15) is 4.79 Å². The third kappa shape index (κ3) is 5.06. The third-order valence-corrected chi connectivity index (χ3v) is 6.56. The van der Waals surface area contributed by atoms with E-state index < -0.39 is 0 Å². The van der Waals surface area contributed by atoms with Crippen LogP contribution in [-0.2, 0) is 11.3 Å². The van der Waals surface area contributed by atoms with Crippen LogP contribution in [0.5, 0.6) is 0 Å². The van der Waals surface area contributed by atoms with E-state index in [4.69, 9.17) is 23.2 Å². The van der Waals surface area contributed by atoms with Gasteiger partial charge in [-0.3, -0.25) is 4.79 Å². The fraction of sp³-hybridized carbons (Fsp3) is 0.0667. The lowest BCUT2D eigenvalue weighted by molar-refractivity contribution is -0.121. The van der Waals surface area contributed by atoms with Crippen LogP contribution in [0.15, 0.2) is 108 Å². The zero-order valence-corrected chi connectivity index (χ0v) is 20.9. The van der Waals surface area contributed by atoms with E-state index in [0.29, 0.717) is 22.2 Å². The number of aryl methyl sites for hydroxylation is 1. The number of hydrazone groups is 1. The summed E-state index contributed by atoms with van der Waals surface area (Å²) in [4.78, 5) is 12.7. The molecule has 0 spiro atoms. The lowest BCUT2D eigenvalue weighted by Gasteiger charge is -2.13. The lowest BCUT2D eigenvalue weighted by Crippen LogP contribution is -2.19. The Morgan fingerprint density at radius 3 is 2.22 bits per heavy atom. The maximum atomic E-state index is 12.7. The second-order valence-corrected chi connectivity index (χ2v) is 9.18. The first-order chi connectivity index (χ1) is 17.6. The first-order valence-electron chi connectivity index (χ1n) is 11.6. The van der Waals surface area contributed by atoms with E-state index in [0.717, 1.165) is 33.3 Å². The van der Waals surface area contributed by atoms with Gasteiger partial charge in [-0.2, -0.15) is 5.10 Å². The Labute approximate surface area is 219 Å². The Bertz CT molecular complexity index is 1540. The smallest absolute Gasteiger partial charge is 0.241 e. The molecule has 5 aromatic rings. The van der Waals surface area contributed by atoms with Gasteiger partial charge in [0.05, 0.1) is 16.9 Å². The molecule has 0 unspecified atom stereocenters. The van der Waals surface area contributed by atoms with Gasteiger partial charge in [0.1, 0.15) is 0 Å². The van der Waals surface area contributed by atoms with Gasteiger partial charge in [-0.25, -0.2) is 5.43 Å². The highest BCUT2D eigenvalue weighted by atomic mass is 35.5. The maximum Gasteiger partial charge on any atom is 0.241 e. The van der Waals surface area contributed by atoms with Crippen LogP contribution in [-0.4, -0.2) is 16.7 Å². The van der Waals surface area contributed by atoms with Gasteiger partial charge in [-0.15, -0.1) is 0 Å². The topological polar surface area (TPSA) is 46.4 Å². The van der Waals surface area contributed by atoms with Crippen molar-refractivity contribution in [3.63, 3.8) is 0 Å². The summed E-state index contributed by atoms with van der Waals surface area (Å²) in [5, 5.41) is 6.25. The van der Waals surface area contributed by atoms with Crippen LogP contribution in [0, 0.1) is 0 Å². The number of nitrogens with one attached hydrogen (secondary N) is 1. The van der Waals surface area contributed by atoms with E-state index in [1.54, 1.807) is 18.2 Å². The van der Waals surface area contributed by atoms with Gasteiger partial charge < -0.3 is 4.57 Å². The van der Waals surface area contributed by atoms with E-state index in [2.05, 4.69) is 69.7 Å². The minimum atomic E-state index is -0.186. The summed E-state index contributed by atoms with van der Waals surface area (Å²) in [6.07, 6.45) is 1.78. The first kappa shape index (κ1) is 23.9. The molecule has 5 rings (SSSR count). The Hall–Kier alpha value is -3.86. The van der Waals surface area contributed by atoms with Crippen LogP contribution < -0.4 is 5.43 Å². The molecular formula is C30H23Cl2N3O. The summed E-state index contributed by atoms with van der Waals surface area (Å²) < 4.78 is 2.23. The fourth-order valence-electron chi connectivity index (χ4n) is 4.38. The molecule has 1 aromatic heterocycles. The fourth-order valence-corrected chi connectivity index (χ4v) is 4.84. The van der Waals surface area contributed by atoms with E-state index in [1.807, 2.05) is 30.3 Å². The SMILES string of the molecule is O=C(CCn1c(-c2ccccc2)c(-c2ccccc2)c2ccccc21)N/N=C\c1ccc(Cl)cc1Cl. The van der Waals surface area contributed by atoms with Crippen LogP contribution >= 0.6 is 23.2 Å². The van der Waals surface area contributed by atoms with E-state index >= 15 is 0 Å². The normalized spacial score (nSPS) is 11.3. The molecule has 1 N–H and O–H groups in total. The number of nitrogens with zero attached hydrogens (tertiary/aromatic N) is 2. The molecule has 0 aliphatic carbocycles. The third-order valence-electron chi connectivity index (χ3n) is 6.00. The van der Waals surface area contributed by atoms with Gasteiger partial charge in [0.2, 0.25) is 5.91 Å². The van der Waals surface area contributed by atoms with Crippen molar-refractivity contribution >= 4 is 46.2 Å². The van der Waals surface area contributed by atoms with Crippen molar-refractivity contribution in [1.29, 1.82) is 0 Å². The zero-order chi connectivity index (χ0) is 24.9. The predicted octanol–water partition coefficient (Wildman–Crippen LogP) is 7.82. The van der Waals surface area contributed by atoms with Crippen molar-refractivity contribution in [2.75, 3.05) is 0 Å². The number of hydrogen-bond acceptors (Lipinski definition) is 2. The van der Waals surface area contributed by atoms with Crippen LogP contribution in [0.4, 0.5) is 0 Å². The molecule has 1 amide bonds. The van der Waals surface area contributed by atoms with Gasteiger partial charge >= 0.3 is 0 Å². The van der Waals surface area contributed by atoms with Crippen LogP contribution in [0.1, 0.15) is 12.0 Å².